The lowest BCUT2D eigenvalue weighted by Gasteiger charge is -2.15. The van der Waals surface area contributed by atoms with Crippen LogP contribution in [0.3, 0.4) is 0 Å². The average molecular weight is 255 g/mol. The van der Waals surface area contributed by atoms with Crippen LogP contribution in [0.5, 0.6) is 0 Å². The SMILES string of the molecule is CCOC(=O)c1cnn(C(C)F)c(=N)c1C(C)C. The molecule has 6 heteroatoms. The molecule has 0 aliphatic carbocycles. The average Bonchev–Trinajstić information content (AvgIpc) is 2.27. The molecule has 0 aliphatic heterocycles. The molecule has 100 valence electrons. The summed E-state index contributed by atoms with van der Waals surface area (Å²) in [6.07, 6.45) is -0.146. The normalized spacial score (nSPS) is 12.6. The molecule has 0 saturated heterocycles. The number of ether oxygens (including phenoxy) is 1. The van der Waals surface area contributed by atoms with Gasteiger partial charge in [0.05, 0.1) is 18.4 Å². The van der Waals surface area contributed by atoms with Gasteiger partial charge in [0.1, 0.15) is 5.49 Å². The maximum Gasteiger partial charge on any atom is 0.340 e. The lowest BCUT2D eigenvalue weighted by atomic mass is 10.00. The molecular weight excluding hydrogens is 237 g/mol. The molecule has 1 aromatic heterocycles. The van der Waals surface area contributed by atoms with Crippen LogP contribution in [-0.4, -0.2) is 22.4 Å². The lowest BCUT2D eigenvalue weighted by Crippen LogP contribution is -2.31. The van der Waals surface area contributed by atoms with Gasteiger partial charge in [-0.3, -0.25) is 5.41 Å². The van der Waals surface area contributed by atoms with E-state index in [1.165, 1.54) is 13.1 Å². The van der Waals surface area contributed by atoms with E-state index in [2.05, 4.69) is 5.10 Å². The van der Waals surface area contributed by atoms with Crippen molar-refractivity contribution in [2.24, 2.45) is 0 Å². The first-order valence-corrected chi connectivity index (χ1v) is 5.87. The predicted molar refractivity (Wildman–Crippen MR) is 63.9 cm³/mol. The van der Waals surface area contributed by atoms with Crippen LogP contribution in [0.4, 0.5) is 4.39 Å². The van der Waals surface area contributed by atoms with Gasteiger partial charge in [-0.1, -0.05) is 13.8 Å². The second kappa shape index (κ2) is 5.75. The molecule has 0 aromatic carbocycles. The Labute approximate surface area is 105 Å². The number of nitrogens with one attached hydrogen (secondary N) is 1. The highest BCUT2D eigenvalue weighted by atomic mass is 19.1. The van der Waals surface area contributed by atoms with Gasteiger partial charge in [0, 0.05) is 5.56 Å². The van der Waals surface area contributed by atoms with Gasteiger partial charge in [-0.05, 0) is 19.8 Å². The Morgan fingerprint density at radius 3 is 2.61 bits per heavy atom. The number of carbonyl (C=O) groups excluding carboxylic acids is 1. The zero-order valence-corrected chi connectivity index (χ0v) is 11.0. The summed E-state index contributed by atoms with van der Waals surface area (Å²) >= 11 is 0. The summed E-state index contributed by atoms with van der Waals surface area (Å²) in [4.78, 5) is 11.8. The molecule has 0 fully saturated rings. The molecule has 1 heterocycles. The van der Waals surface area contributed by atoms with Crippen LogP contribution < -0.4 is 5.49 Å². The third kappa shape index (κ3) is 2.75. The number of rotatable bonds is 4. The highest BCUT2D eigenvalue weighted by Crippen LogP contribution is 2.16. The Bertz CT molecular complexity index is 495. The minimum Gasteiger partial charge on any atom is -0.462 e. The second-order valence-electron chi connectivity index (χ2n) is 4.21. The summed E-state index contributed by atoms with van der Waals surface area (Å²) in [5, 5.41) is 11.7. The molecule has 1 N–H and O–H groups in total. The first-order valence-electron chi connectivity index (χ1n) is 5.87. The number of halogens is 1. The van der Waals surface area contributed by atoms with Gasteiger partial charge in [0.25, 0.3) is 0 Å². The van der Waals surface area contributed by atoms with Crippen molar-refractivity contribution in [3.63, 3.8) is 0 Å². The summed E-state index contributed by atoms with van der Waals surface area (Å²) < 4.78 is 19.1. The number of hydrogen-bond acceptors (Lipinski definition) is 4. The Balaban J connectivity index is 3.42. The molecule has 1 atom stereocenters. The van der Waals surface area contributed by atoms with E-state index in [1.54, 1.807) is 6.92 Å². The van der Waals surface area contributed by atoms with Gasteiger partial charge in [-0.2, -0.15) is 5.10 Å². The third-order valence-corrected chi connectivity index (χ3v) is 2.50. The van der Waals surface area contributed by atoms with E-state index in [1.807, 2.05) is 13.8 Å². The molecule has 1 aromatic rings. The molecule has 0 amide bonds. The van der Waals surface area contributed by atoms with E-state index in [-0.39, 0.29) is 23.6 Å². The fourth-order valence-corrected chi connectivity index (χ4v) is 1.72. The molecule has 1 rings (SSSR count). The zero-order valence-electron chi connectivity index (χ0n) is 11.0. The molecular formula is C12H18FN3O2. The first kappa shape index (κ1) is 14.3. The lowest BCUT2D eigenvalue weighted by molar-refractivity contribution is 0.0522. The Morgan fingerprint density at radius 1 is 1.56 bits per heavy atom. The van der Waals surface area contributed by atoms with Crippen LogP contribution in [-0.2, 0) is 4.74 Å². The molecule has 0 aliphatic rings. The van der Waals surface area contributed by atoms with Gasteiger partial charge < -0.3 is 4.74 Å². The predicted octanol–water partition coefficient (Wildman–Crippen LogP) is 2.15. The van der Waals surface area contributed by atoms with E-state index in [0.29, 0.717) is 5.56 Å². The maximum atomic E-state index is 13.3. The molecule has 0 bridgehead atoms. The molecule has 0 radical (unpaired) electrons. The first-order chi connectivity index (χ1) is 8.40. The van der Waals surface area contributed by atoms with Crippen LogP contribution in [0.2, 0.25) is 0 Å². The van der Waals surface area contributed by atoms with Gasteiger partial charge in [0.2, 0.25) is 0 Å². The minimum absolute atomic E-state index is 0.0921. The molecule has 18 heavy (non-hydrogen) atoms. The molecule has 1 unspecified atom stereocenters. The van der Waals surface area contributed by atoms with Gasteiger partial charge in [-0.15, -0.1) is 0 Å². The van der Waals surface area contributed by atoms with Gasteiger partial charge >= 0.3 is 5.97 Å². The highest BCUT2D eigenvalue weighted by Gasteiger charge is 2.20. The van der Waals surface area contributed by atoms with Crippen molar-refractivity contribution in [1.29, 1.82) is 5.41 Å². The van der Waals surface area contributed by atoms with E-state index in [0.717, 1.165) is 4.68 Å². The van der Waals surface area contributed by atoms with Crippen molar-refractivity contribution in [3.8, 4) is 0 Å². The van der Waals surface area contributed by atoms with Crippen LogP contribution in [0.1, 0.15) is 55.8 Å². The van der Waals surface area contributed by atoms with Crippen molar-refractivity contribution in [2.45, 2.75) is 39.9 Å². The van der Waals surface area contributed by atoms with Crippen molar-refractivity contribution in [1.82, 2.24) is 9.78 Å². The number of hydrogen-bond donors (Lipinski definition) is 1. The van der Waals surface area contributed by atoms with Gasteiger partial charge in [-0.25, -0.2) is 13.9 Å². The summed E-state index contributed by atoms with van der Waals surface area (Å²) in [6.45, 7) is 6.92. The number of esters is 1. The zero-order chi connectivity index (χ0) is 13.9. The summed E-state index contributed by atoms with van der Waals surface area (Å²) in [6, 6.07) is 0. The van der Waals surface area contributed by atoms with Crippen molar-refractivity contribution in [2.75, 3.05) is 6.61 Å². The summed E-state index contributed by atoms with van der Waals surface area (Å²) in [5.74, 6) is -0.620. The van der Waals surface area contributed by atoms with Crippen LogP contribution in [0, 0.1) is 5.41 Å². The number of carbonyl (C=O) groups is 1. The Kier molecular flexibility index (Phi) is 4.58. The summed E-state index contributed by atoms with van der Waals surface area (Å²) in [7, 11) is 0. The topological polar surface area (TPSA) is 68.0 Å². The number of aromatic nitrogens is 2. The standard InChI is InChI=1S/C12H18FN3O2/c1-5-18-12(17)9-6-15-16(8(4)13)11(14)10(9)7(2)3/h6-8,14H,5H2,1-4H3. The smallest absolute Gasteiger partial charge is 0.340 e. The second-order valence-corrected chi connectivity index (χ2v) is 4.21. The molecule has 5 nitrogen and oxygen atoms in total. The Morgan fingerprint density at radius 2 is 2.17 bits per heavy atom. The van der Waals surface area contributed by atoms with Gasteiger partial charge in [0.15, 0.2) is 6.30 Å². The fraction of sp³-hybridized carbons (Fsp3) is 0.583. The van der Waals surface area contributed by atoms with E-state index in [9.17, 15) is 9.18 Å². The fourth-order valence-electron chi connectivity index (χ4n) is 1.72. The van der Waals surface area contributed by atoms with Crippen molar-refractivity contribution < 1.29 is 13.9 Å². The monoisotopic (exact) mass is 255 g/mol. The highest BCUT2D eigenvalue weighted by molar-refractivity contribution is 5.90. The number of nitrogens with zero attached hydrogens (tertiary/aromatic N) is 2. The van der Waals surface area contributed by atoms with E-state index in [4.69, 9.17) is 10.1 Å². The van der Waals surface area contributed by atoms with Crippen LogP contribution >= 0.6 is 0 Å². The van der Waals surface area contributed by atoms with E-state index < -0.39 is 12.3 Å². The van der Waals surface area contributed by atoms with E-state index >= 15 is 0 Å². The minimum atomic E-state index is -1.41. The summed E-state index contributed by atoms with van der Waals surface area (Å²) in [5.41, 5.74) is 0.590. The van der Waals surface area contributed by atoms with Crippen molar-refractivity contribution in [3.05, 3.63) is 22.8 Å². The Hall–Kier alpha value is -1.72. The molecule has 0 spiro atoms. The number of alkyl halides is 1. The quantitative estimate of drug-likeness (QED) is 0.838. The van der Waals surface area contributed by atoms with Crippen LogP contribution in [0.25, 0.3) is 0 Å². The van der Waals surface area contributed by atoms with Crippen LogP contribution in [0.15, 0.2) is 6.20 Å². The maximum absolute atomic E-state index is 13.3. The largest absolute Gasteiger partial charge is 0.462 e. The molecule has 0 saturated carbocycles. The third-order valence-electron chi connectivity index (χ3n) is 2.50. The van der Waals surface area contributed by atoms with Crippen molar-refractivity contribution >= 4 is 5.97 Å².